The van der Waals surface area contributed by atoms with Crippen molar-refractivity contribution in [3.05, 3.63) is 12.2 Å². The minimum Gasteiger partial charge on any atom is -0.396 e. The van der Waals surface area contributed by atoms with E-state index in [9.17, 15) is 0 Å². The molecule has 1 spiro atoms. The summed E-state index contributed by atoms with van der Waals surface area (Å²) in [6.45, 7) is 8.03. The third-order valence-corrected chi connectivity index (χ3v) is 11.3. The number of aliphatic hydroxyl groups excluding tert-OH is 1. The maximum absolute atomic E-state index is 9.12. The summed E-state index contributed by atoms with van der Waals surface area (Å²) in [5.41, 5.74) is 1.60. The van der Waals surface area contributed by atoms with Crippen LogP contribution in [-0.2, 0) is 4.74 Å². The number of aliphatic hydroxyl groups is 1. The highest BCUT2D eigenvalue weighted by Gasteiger charge is 2.77. The Bertz CT molecular complexity index is 642. The summed E-state index contributed by atoms with van der Waals surface area (Å²) < 4.78 is 6.25. The van der Waals surface area contributed by atoms with Crippen LogP contribution in [0, 0.1) is 51.8 Å². The van der Waals surface area contributed by atoms with Crippen molar-refractivity contribution >= 4 is 0 Å². The van der Waals surface area contributed by atoms with Crippen LogP contribution >= 0.6 is 0 Å². The Morgan fingerprint density at radius 2 is 1.93 bits per heavy atom. The molecule has 2 heteroatoms. The number of methoxy groups -OCH3 is 1. The summed E-state index contributed by atoms with van der Waals surface area (Å²) in [6.07, 6.45) is 17.4. The Hall–Kier alpha value is -0.340. The molecule has 5 fully saturated rings. The molecule has 0 amide bonds. The van der Waals surface area contributed by atoms with Gasteiger partial charge in [0, 0.05) is 19.1 Å². The van der Waals surface area contributed by atoms with E-state index in [0.717, 1.165) is 36.0 Å². The van der Waals surface area contributed by atoms with Gasteiger partial charge in [0.1, 0.15) is 0 Å². The van der Waals surface area contributed by atoms with E-state index in [0.29, 0.717) is 28.3 Å². The second-order valence-corrected chi connectivity index (χ2v) is 11.8. The van der Waals surface area contributed by atoms with Gasteiger partial charge in [-0.25, -0.2) is 0 Å². The van der Waals surface area contributed by atoms with Crippen LogP contribution in [0.1, 0.15) is 78.6 Å². The van der Waals surface area contributed by atoms with Gasteiger partial charge in [0.05, 0.1) is 6.10 Å². The van der Waals surface area contributed by atoms with Gasteiger partial charge in [0.15, 0.2) is 0 Å². The Kier molecular flexibility index (Phi) is 4.61. The first kappa shape index (κ1) is 19.6. The Morgan fingerprint density at radius 3 is 2.64 bits per heavy atom. The van der Waals surface area contributed by atoms with Gasteiger partial charge in [0.2, 0.25) is 0 Å². The molecule has 0 radical (unpaired) electrons. The Balaban J connectivity index is 1.41. The van der Waals surface area contributed by atoms with Crippen molar-refractivity contribution in [1.29, 1.82) is 0 Å². The largest absolute Gasteiger partial charge is 0.396 e. The number of allylic oxidation sites excluding steroid dienone is 1. The van der Waals surface area contributed by atoms with Gasteiger partial charge in [-0.2, -0.15) is 0 Å². The lowest BCUT2D eigenvalue weighted by Crippen LogP contribution is -2.57. The first-order valence-electron chi connectivity index (χ1n) is 12.2. The average Bonchev–Trinajstić information content (AvgIpc) is 3.18. The zero-order valence-corrected chi connectivity index (χ0v) is 18.6. The van der Waals surface area contributed by atoms with Crippen LogP contribution in [0.4, 0.5) is 0 Å². The van der Waals surface area contributed by atoms with Crippen LogP contribution in [0.3, 0.4) is 0 Å². The molecule has 0 bridgehead atoms. The Morgan fingerprint density at radius 1 is 1.11 bits per heavy atom. The van der Waals surface area contributed by atoms with Gasteiger partial charge in [-0.3, -0.25) is 0 Å². The standard InChI is InChI=1S/C26H42O2/c1-17(7-5-6-14-27)20-8-9-21-19-15-23(28-4)26-16-18(26)10-13-25(26,3)22(19)11-12-24(20,21)2/h5,7,17-23,27H,6,8-16H2,1-4H3/t17-,18+,19+,20-,21+,22+,23-,24-,25-,26+/m1/s1. The zero-order chi connectivity index (χ0) is 19.7. The summed E-state index contributed by atoms with van der Waals surface area (Å²) in [6, 6.07) is 0. The molecule has 0 heterocycles. The van der Waals surface area contributed by atoms with E-state index in [4.69, 9.17) is 9.84 Å². The van der Waals surface area contributed by atoms with Crippen LogP contribution in [0.2, 0.25) is 0 Å². The van der Waals surface area contributed by atoms with Crippen molar-refractivity contribution < 1.29 is 9.84 Å². The second-order valence-electron chi connectivity index (χ2n) is 11.8. The number of rotatable bonds is 5. The average molecular weight is 387 g/mol. The SMILES string of the molecule is CO[C@@H]1C[C@H]2[C@@H]3CC[C@H]([C@H](C)C=CCCO)[C@@]3(C)CC[C@@H]2[C@@]2(C)CC[C@H]3C[C@]312. The van der Waals surface area contributed by atoms with E-state index >= 15 is 0 Å². The summed E-state index contributed by atoms with van der Waals surface area (Å²) in [7, 11) is 2.00. The lowest BCUT2D eigenvalue weighted by atomic mass is 9.45. The highest BCUT2D eigenvalue weighted by atomic mass is 16.5. The molecule has 0 unspecified atom stereocenters. The van der Waals surface area contributed by atoms with Crippen molar-refractivity contribution in [2.24, 2.45) is 51.8 Å². The zero-order valence-electron chi connectivity index (χ0n) is 18.6. The summed E-state index contributed by atoms with van der Waals surface area (Å²) in [5.74, 6) is 5.16. The fraction of sp³-hybridized carbons (Fsp3) is 0.923. The number of hydrogen-bond donors (Lipinski definition) is 1. The summed E-state index contributed by atoms with van der Waals surface area (Å²) in [5, 5.41) is 9.12. The third-order valence-electron chi connectivity index (χ3n) is 11.3. The molecule has 1 N–H and O–H groups in total. The van der Waals surface area contributed by atoms with Crippen LogP contribution < -0.4 is 0 Å². The van der Waals surface area contributed by atoms with Gasteiger partial charge in [-0.1, -0.05) is 32.9 Å². The van der Waals surface area contributed by atoms with Crippen LogP contribution in [0.25, 0.3) is 0 Å². The first-order chi connectivity index (χ1) is 13.4. The van der Waals surface area contributed by atoms with Crippen LogP contribution in [0.5, 0.6) is 0 Å². The topological polar surface area (TPSA) is 29.5 Å². The molecule has 0 aromatic heterocycles. The van der Waals surface area contributed by atoms with Crippen molar-refractivity contribution in [2.75, 3.05) is 13.7 Å². The lowest BCUT2D eigenvalue weighted by molar-refractivity contribution is -0.160. The fourth-order valence-electron chi connectivity index (χ4n) is 10.0. The van der Waals surface area contributed by atoms with E-state index in [-0.39, 0.29) is 6.61 Å². The maximum atomic E-state index is 9.12. The molecular weight excluding hydrogens is 344 g/mol. The molecule has 0 aliphatic heterocycles. The number of hydrogen-bond acceptors (Lipinski definition) is 2. The van der Waals surface area contributed by atoms with Gasteiger partial charge >= 0.3 is 0 Å². The molecule has 158 valence electrons. The van der Waals surface area contributed by atoms with E-state index in [1.54, 1.807) is 0 Å². The van der Waals surface area contributed by atoms with E-state index in [1.807, 2.05) is 7.11 Å². The molecule has 5 aliphatic carbocycles. The first-order valence-corrected chi connectivity index (χ1v) is 12.2. The van der Waals surface area contributed by atoms with Gasteiger partial charge in [-0.15, -0.1) is 0 Å². The molecule has 10 atom stereocenters. The molecule has 0 aromatic rings. The van der Waals surface area contributed by atoms with Crippen molar-refractivity contribution in [3.8, 4) is 0 Å². The van der Waals surface area contributed by atoms with Crippen LogP contribution in [0.15, 0.2) is 12.2 Å². The Labute approximate surface area is 172 Å². The monoisotopic (exact) mass is 386 g/mol. The lowest BCUT2D eigenvalue weighted by Gasteiger charge is -2.61. The predicted molar refractivity (Wildman–Crippen MR) is 114 cm³/mol. The van der Waals surface area contributed by atoms with E-state index in [1.165, 1.54) is 51.4 Å². The number of fused-ring (bicyclic) bond motifs is 4. The molecule has 28 heavy (non-hydrogen) atoms. The smallest absolute Gasteiger partial charge is 0.0638 e. The fourth-order valence-corrected chi connectivity index (χ4v) is 10.0. The number of ether oxygens (including phenoxy) is 1. The van der Waals surface area contributed by atoms with Gasteiger partial charge in [-0.05, 0) is 104 Å². The minimum atomic E-state index is 0.275. The quantitative estimate of drug-likeness (QED) is 0.601. The molecule has 5 rings (SSSR count). The molecule has 5 aliphatic rings. The normalized spacial score (nSPS) is 55.5. The second kappa shape index (κ2) is 6.58. The van der Waals surface area contributed by atoms with E-state index in [2.05, 4.69) is 32.9 Å². The maximum Gasteiger partial charge on any atom is 0.0638 e. The summed E-state index contributed by atoms with van der Waals surface area (Å²) in [4.78, 5) is 0. The van der Waals surface area contributed by atoms with Crippen LogP contribution in [-0.4, -0.2) is 24.9 Å². The third kappa shape index (κ3) is 2.34. The summed E-state index contributed by atoms with van der Waals surface area (Å²) >= 11 is 0. The van der Waals surface area contributed by atoms with Crippen molar-refractivity contribution in [3.63, 3.8) is 0 Å². The molecule has 2 nitrogen and oxygen atoms in total. The van der Waals surface area contributed by atoms with Crippen molar-refractivity contribution in [1.82, 2.24) is 0 Å². The highest BCUT2D eigenvalue weighted by molar-refractivity contribution is 5.26. The van der Waals surface area contributed by atoms with Gasteiger partial charge < -0.3 is 9.84 Å². The molecule has 0 saturated heterocycles. The molecule has 5 saturated carbocycles. The minimum absolute atomic E-state index is 0.275. The molecular formula is C26H42O2. The predicted octanol–water partition coefficient (Wildman–Crippen LogP) is 5.84. The highest BCUT2D eigenvalue weighted by Crippen LogP contribution is 2.82. The van der Waals surface area contributed by atoms with Gasteiger partial charge in [0.25, 0.3) is 0 Å². The molecule has 0 aromatic carbocycles. The van der Waals surface area contributed by atoms with E-state index < -0.39 is 0 Å². The van der Waals surface area contributed by atoms with Crippen molar-refractivity contribution in [2.45, 2.75) is 84.7 Å².